The minimum absolute atomic E-state index is 0.186. The molecule has 80 valence electrons. The summed E-state index contributed by atoms with van der Waals surface area (Å²) in [6.45, 7) is 2.02. The molecule has 0 heterocycles. The summed E-state index contributed by atoms with van der Waals surface area (Å²) in [6.07, 6.45) is -0.186. The summed E-state index contributed by atoms with van der Waals surface area (Å²) in [5.74, 6) is -0.675. The fourth-order valence-electron chi connectivity index (χ4n) is 1.08. The maximum Gasteiger partial charge on any atom is 0.313 e. The van der Waals surface area contributed by atoms with Crippen molar-refractivity contribution in [3.8, 4) is 0 Å². The molecular formula is C11H11IO3. The van der Waals surface area contributed by atoms with E-state index in [4.69, 9.17) is 4.74 Å². The fourth-order valence-corrected chi connectivity index (χ4v) is 1.44. The van der Waals surface area contributed by atoms with Gasteiger partial charge in [-0.3, -0.25) is 9.59 Å². The molecule has 0 aliphatic heterocycles. The predicted molar refractivity (Wildman–Crippen MR) is 64.7 cm³/mol. The lowest BCUT2D eigenvalue weighted by Gasteiger charge is -2.01. The zero-order valence-corrected chi connectivity index (χ0v) is 10.5. The summed E-state index contributed by atoms with van der Waals surface area (Å²) < 4.78 is 5.75. The first-order valence-corrected chi connectivity index (χ1v) is 5.65. The van der Waals surface area contributed by atoms with Gasteiger partial charge in [-0.1, -0.05) is 12.1 Å². The van der Waals surface area contributed by atoms with Crippen LogP contribution in [0.4, 0.5) is 0 Å². The van der Waals surface area contributed by atoms with E-state index in [-0.39, 0.29) is 12.2 Å². The SMILES string of the molecule is CCOC(=O)CC(=O)c1ccc(I)cc1. The Morgan fingerprint density at radius 2 is 1.87 bits per heavy atom. The van der Waals surface area contributed by atoms with E-state index in [0.717, 1.165) is 3.57 Å². The van der Waals surface area contributed by atoms with Crippen LogP contribution in [0.25, 0.3) is 0 Å². The van der Waals surface area contributed by atoms with Crippen LogP contribution in [0.3, 0.4) is 0 Å². The van der Waals surface area contributed by atoms with E-state index >= 15 is 0 Å². The second-order valence-electron chi connectivity index (χ2n) is 2.91. The van der Waals surface area contributed by atoms with Crippen LogP contribution in [-0.4, -0.2) is 18.4 Å². The number of Topliss-reactive ketones (excluding diaryl/α,β-unsaturated/α-hetero) is 1. The van der Waals surface area contributed by atoms with Crippen LogP contribution < -0.4 is 0 Å². The summed E-state index contributed by atoms with van der Waals surface area (Å²) in [5.41, 5.74) is 0.545. The van der Waals surface area contributed by atoms with Crippen molar-refractivity contribution in [3.63, 3.8) is 0 Å². The molecule has 0 unspecified atom stereocenters. The topological polar surface area (TPSA) is 43.4 Å². The van der Waals surface area contributed by atoms with E-state index in [1.54, 1.807) is 19.1 Å². The van der Waals surface area contributed by atoms with E-state index in [0.29, 0.717) is 12.2 Å². The largest absolute Gasteiger partial charge is 0.466 e. The van der Waals surface area contributed by atoms with Crippen LogP contribution in [-0.2, 0) is 9.53 Å². The highest BCUT2D eigenvalue weighted by atomic mass is 127. The van der Waals surface area contributed by atoms with Gasteiger partial charge in [0.05, 0.1) is 6.61 Å². The first-order chi connectivity index (χ1) is 7.13. The van der Waals surface area contributed by atoms with Crippen molar-refractivity contribution in [2.45, 2.75) is 13.3 Å². The second-order valence-corrected chi connectivity index (χ2v) is 4.16. The molecule has 15 heavy (non-hydrogen) atoms. The lowest BCUT2D eigenvalue weighted by molar-refractivity contribution is -0.141. The standard InChI is InChI=1S/C11H11IO3/c1-2-15-11(14)7-10(13)8-3-5-9(12)6-4-8/h3-6H,2,7H2,1H3. The highest BCUT2D eigenvalue weighted by Crippen LogP contribution is 2.09. The van der Waals surface area contributed by atoms with E-state index in [9.17, 15) is 9.59 Å². The van der Waals surface area contributed by atoms with Gasteiger partial charge in [-0.2, -0.15) is 0 Å². The third-order valence-electron chi connectivity index (χ3n) is 1.78. The molecule has 3 nitrogen and oxygen atoms in total. The Morgan fingerprint density at radius 3 is 2.40 bits per heavy atom. The van der Waals surface area contributed by atoms with Gasteiger partial charge in [0.25, 0.3) is 0 Å². The second kappa shape index (κ2) is 5.85. The molecular weight excluding hydrogens is 307 g/mol. The van der Waals surface area contributed by atoms with Crippen LogP contribution >= 0.6 is 22.6 Å². The third kappa shape index (κ3) is 3.99. The minimum atomic E-state index is -0.471. The molecule has 0 aliphatic carbocycles. The summed E-state index contributed by atoms with van der Waals surface area (Å²) in [5, 5.41) is 0. The smallest absolute Gasteiger partial charge is 0.313 e. The van der Waals surface area contributed by atoms with Gasteiger partial charge in [-0.05, 0) is 41.6 Å². The van der Waals surface area contributed by atoms with Gasteiger partial charge >= 0.3 is 5.97 Å². The summed E-state index contributed by atoms with van der Waals surface area (Å²) in [6, 6.07) is 7.09. The van der Waals surface area contributed by atoms with Crippen LogP contribution in [0.15, 0.2) is 24.3 Å². The Labute approximate surface area is 102 Å². The Kier molecular flexibility index (Phi) is 4.74. The average molecular weight is 318 g/mol. The number of esters is 1. The maximum absolute atomic E-state index is 11.5. The fraction of sp³-hybridized carbons (Fsp3) is 0.273. The predicted octanol–water partition coefficient (Wildman–Crippen LogP) is 2.43. The molecule has 0 bridgehead atoms. The number of hydrogen-bond donors (Lipinski definition) is 0. The number of benzene rings is 1. The molecule has 1 rings (SSSR count). The lowest BCUT2D eigenvalue weighted by atomic mass is 10.1. The van der Waals surface area contributed by atoms with Crippen LogP contribution in [0.5, 0.6) is 0 Å². The Balaban J connectivity index is 2.61. The molecule has 0 spiro atoms. The van der Waals surface area contributed by atoms with E-state index in [1.807, 2.05) is 12.1 Å². The minimum Gasteiger partial charge on any atom is -0.466 e. The summed E-state index contributed by atoms with van der Waals surface area (Å²) >= 11 is 2.16. The number of rotatable bonds is 4. The molecule has 0 saturated carbocycles. The normalized spacial score (nSPS) is 9.73. The monoisotopic (exact) mass is 318 g/mol. The lowest BCUT2D eigenvalue weighted by Crippen LogP contribution is -2.11. The zero-order valence-electron chi connectivity index (χ0n) is 8.33. The maximum atomic E-state index is 11.5. The van der Waals surface area contributed by atoms with E-state index < -0.39 is 5.97 Å². The van der Waals surface area contributed by atoms with Gasteiger partial charge in [-0.15, -0.1) is 0 Å². The molecule has 0 N–H and O–H groups in total. The van der Waals surface area contributed by atoms with Crippen molar-refractivity contribution in [1.29, 1.82) is 0 Å². The number of carbonyl (C=O) groups excluding carboxylic acids is 2. The van der Waals surface area contributed by atoms with Gasteiger partial charge in [-0.25, -0.2) is 0 Å². The molecule has 0 radical (unpaired) electrons. The quantitative estimate of drug-likeness (QED) is 0.371. The van der Waals surface area contributed by atoms with Crippen LogP contribution in [0.2, 0.25) is 0 Å². The van der Waals surface area contributed by atoms with Crippen molar-refractivity contribution < 1.29 is 14.3 Å². The number of halogens is 1. The van der Waals surface area contributed by atoms with E-state index in [1.165, 1.54) is 0 Å². The average Bonchev–Trinajstić information content (AvgIpc) is 2.18. The number of ether oxygens (including phenoxy) is 1. The molecule has 0 saturated heterocycles. The Hall–Kier alpha value is -0.910. The van der Waals surface area contributed by atoms with Crippen molar-refractivity contribution >= 4 is 34.3 Å². The van der Waals surface area contributed by atoms with Crippen molar-refractivity contribution in [2.75, 3.05) is 6.61 Å². The summed E-state index contributed by atoms with van der Waals surface area (Å²) in [4.78, 5) is 22.6. The molecule has 0 amide bonds. The van der Waals surface area contributed by atoms with Crippen LogP contribution in [0.1, 0.15) is 23.7 Å². The number of hydrogen-bond acceptors (Lipinski definition) is 3. The van der Waals surface area contributed by atoms with E-state index in [2.05, 4.69) is 22.6 Å². The Bertz CT molecular complexity index is 357. The van der Waals surface area contributed by atoms with Gasteiger partial charge in [0.2, 0.25) is 0 Å². The van der Waals surface area contributed by atoms with Gasteiger partial charge < -0.3 is 4.74 Å². The summed E-state index contributed by atoms with van der Waals surface area (Å²) in [7, 11) is 0. The number of carbonyl (C=O) groups is 2. The molecule has 1 aromatic rings. The Morgan fingerprint density at radius 1 is 1.27 bits per heavy atom. The molecule has 1 aromatic carbocycles. The molecule has 4 heteroatoms. The van der Waals surface area contributed by atoms with Gasteiger partial charge in [0, 0.05) is 9.13 Å². The van der Waals surface area contributed by atoms with Crippen molar-refractivity contribution in [2.24, 2.45) is 0 Å². The van der Waals surface area contributed by atoms with Gasteiger partial charge in [0.15, 0.2) is 5.78 Å². The molecule has 0 fully saturated rings. The highest BCUT2D eigenvalue weighted by Gasteiger charge is 2.11. The molecule has 0 atom stereocenters. The molecule has 0 aliphatic rings. The number of ketones is 1. The first-order valence-electron chi connectivity index (χ1n) is 4.58. The third-order valence-corrected chi connectivity index (χ3v) is 2.50. The van der Waals surface area contributed by atoms with Gasteiger partial charge in [0.1, 0.15) is 6.42 Å². The van der Waals surface area contributed by atoms with Crippen molar-refractivity contribution in [3.05, 3.63) is 33.4 Å². The molecule has 0 aromatic heterocycles. The highest BCUT2D eigenvalue weighted by molar-refractivity contribution is 14.1. The van der Waals surface area contributed by atoms with Crippen LogP contribution in [0, 0.1) is 3.57 Å². The van der Waals surface area contributed by atoms with Crippen molar-refractivity contribution in [1.82, 2.24) is 0 Å². The zero-order chi connectivity index (χ0) is 11.3. The first kappa shape index (κ1) is 12.2.